The average molecular weight is 318 g/mol. The van der Waals surface area contributed by atoms with Crippen molar-refractivity contribution in [3.05, 3.63) is 16.0 Å². The van der Waals surface area contributed by atoms with E-state index in [0.29, 0.717) is 6.04 Å². The number of thiophene rings is 1. The van der Waals surface area contributed by atoms with Crippen molar-refractivity contribution in [2.45, 2.75) is 76.8 Å². The summed E-state index contributed by atoms with van der Waals surface area (Å²) in [4.78, 5) is 14.2. The van der Waals surface area contributed by atoms with Crippen molar-refractivity contribution in [1.82, 2.24) is 5.32 Å². The molecule has 4 rings (SSSR count). The number of aryl methyl sites for hydroxylation is 1. The number of hydrogen-bond donors (Lipinski definition) is 2. The molecule has 120 valence electrons. The standard InChI is InChI=1S/C18H26N2OS/c1-11-13-7-3-5-9-16(13)22-18(11)20-17(21)15-10-12-6-2-4-8-14(12)19-15/h12,14-15,19H,2-10H2,1H3,(H,20,21). The summed E-state index contributed by atoms with van der Waals surface area (Å²) >= 11 is 1.81. The van der Waals surface area contributed by atoms with Crippen LogP contribution in [0.5, 0.6) is 0 Å². The van der Waals surface area contributed by atoms with E-state index in [1.807, 2.05) is 11.3 Å². The van der Waals surface area contributed by atoms with Gasteiger partial charge in [-0.3, -0.25) is 4.79 Å². The van der Waals surface area contributed by atoms with Gasteiger partial charge in [0.15, 0.2) is 0 Å². The Labute approximate surface area is 136 Å². The highest BCUT2D eigenvalue weighted by Gasteiger charge is 2.38. The van der Waals surface area contributed by atoms with Crippen LogP contribution in [0.3, 0.4) is 0 Å². The van der Waals surface area contributed by atoms with E-state index in [0.717, 1.165) is 17.3 Å². The average Bonchev–Trinajstić information content (AvgIpc) is 3.10. The van der Waals surface area contributed by atoms with Crippen LogP contribution < -0.4 is 10.6 Å². The molecule has 1 aromatic rings. The molecule has 1 saturated heterocycles. The first-order chi connectivity index (χ1) is 10.7. The topological polar surface area (TPSA) is 41.1 Å². The van der Waals surface area contributed by atoms with Gasteiger partial charge in [0, 0.05) is 10.9 Å². The smallest absolute Gasteiger partial charge is 0.242 e. The van der Waals surface area contributed by atoms with Gasteiger partial charge in [0.1, 0.15) is 0 Å². The molecule has 0 radical (unpaired) electrons. The third kappa shape index (κ3) is 2.61. The van der Waals surface area contributed by atoms with E-state index < -0.39 is 0 Å². The Bertz CT molecular complexity index is 566. The van der Waals surface area contributed by atoms with Crippen molar-refractivity contribution in [2.75, 3.05) is 5.32 Å². The maximum Gasteiger partial charge on any atom is 0.242 e. The number of carbonyl (C=O) groups is 1. The molecule has 3 atom stereocenters. The van der Waals surface area contributed by atoms with Crippen molar-refractivity contribution in [3.8, 4) is 0 Å². The minimum atomic E-state index is 0.0200. The highest BCUT2D eigenvalue weighted by atomic mass is 32.1. The van der Waals surface area contributed by atoms with Crippen LogP contribution in [0.25, 0.3) is 0 Å². The minimum absolute atomic E-state index is 0.0200. The van der Waals surface area contributed by atoms with Gasteiger partial charge in [0.2, 0.25) is 5.91 Å². The lowest BCUT2D eigenvalue weighted by atomic mass is 9.85. The maximum absolute atomic E-state index is 12.7. The lowest BCUT2D eigenvalue weighted by Crippen LogP contribution is -2.39. The molecule has 2 heterocycles. The number of nitrogens with one attached hydrogen (secondary N) is 2. The molecular formula is C18H26N2OS. The van der Waals surface area contributed by atoms with E-state index in [-0.39, 0.29) is 11.9 Å². The van der Waals surface area contributed by atoms with Crippen LogP contribution in [0, 0.1) is 12.8 Å². The fraction of sp³-hybridized carbons (Fsp3) is 0.722. The second-order valence-electron chi connectivity index (χ2n) is 7.26. The van der Waals surface area contributed by atoms with Crippen molar-refractivity contribution in [1.29, 1.82) is 0 Å². The molecule has 22 heavy (non-hydrogen) atoms. The molecule has 1 aliphatic heterocycles. The van der Waals surface area contributed by atoms with Gasteiger partial charge >= 0.3 is 0 Å². The Morgan fingerprint density at radius 3 is 2.82 bits per heavy atom. The Kier molecular flexibility index (Phi) is 3.99. The number of anilines is 1. The summed E-state index contributed by atoms with van der Waals surface area (Å²) in [6.45, 7) is 2.18. The normalized spacial score (nSPS) is 30.7. The molecule has 3 unspecified atom stereocenters. The predicted molar refractivity (Wildman–Crippen MR) is 91.6 cm³/mol. The molecule has 2 fully saturated rings. The summed E-state index contributed by atoms with van der Waals surface area (Å²) in [5.74, 6) is 0.915. The van der Waals surface area contributed by atoms with E-state index in [4.69, 9.17) is 0 Å². The largest absolute Gasteiger partial charge is 0.316 e. The third-order valence-electron chi connectivity index (χ3n) is 5.85. The number of amides is 1. The van der Waals surface area contributed by atoms with Crippen LogP contribution in [0.15, 0.2) is 0 Å². The molecular weight excluding hydrogens is 292 g/mol. The van der Waals surface area contributed by atoms with Crippen LogP contribution in [0.2, 0.25) is 0 Å². The van der Waals surface area contributed by atoms with Gasteiger partial charge in [-0.15, -0.1) is 11.3 Å². The number of fused-ring (bicyclic) bond motifs is 2. The van der Waals surface area contributed by atoms with E-state index in [2.05, 4.69) is 17.6 Å². The van der Waals surface area contributed by atoms with Gasteiger partial charge in [-0.25, -0.2) is 0 Å². The first kappa shape index (κ1) is 14.7. The van der Waals surface area contributed by atoms with Crippen LogP contribution in [0.4, 0.5) is 5.00 Å². The van der Waals surface area contributed by atoms with Gasteiger partial charge in [0.25, 0.3) is 0 Å². The molecule has 2 N–H and O–H groups in total. The number of rotatable bonds is 2. The Morgan fingerprint density at radius 1 is 1.18 bits per heavy atom. The van der Waals surface area contributed by atoms with E-state index in [1.165, 1.54) is 67.4 Å². The third-order valence-corrected chi connectivity index (χ3v) is 7.16. The number of hydrogen-bond acceptors (Lipinski definition) is 3. The van der Waals surface area contributed by atoms with Gasteiger partial charge in [-0.2, -0.15) is 0 Å². The first-order valence-corrected chi connectivity index (χ1v) is 9.72. The zero-order valence-corrected chi connectivity index (χ0v) is 14.2. The van der Waals surface area contributed by atoms with Crippen molar-refractivity contribution in [3.63, 3.8) is 0 Å². The van der Waals surface area contributed by atoms with Crippen LogP contribution >= 0.6 is 11.3 Å². The summed E-state index contributed by atoms with van der Waals surface area (Å²) in [6, 6.07) is 0.605. The molecule has 1 saturated carbocycles. The van der Waals surface area contributed by atoms with Gasteiger partial charge < -0.3 is 10.6 Å². The first-order valence-electron chi connectivity index (χ1n) is 8.90. The lowest BCUT2D eigenvalue weighted by molar-refractivity contribution is -0.117. The van der Waals surface area contributed by atoms with Crippen LogP contribution in [0.1, 0.15) is 60.9 Å². The molecule has 0 aromatic carbocycles. The van der Waals surface area contributed by atoms with Gasteiger partial charge in [-0.1, -0.05) is 12.8 Å². The summed E-state index contributed by atoms with van der Waals surface area (Å²) < 4.78 is 0. The summed E-state index contributed by atoms with van der Waals surface area (Å²) in [5.41, 5.74) is 2.84. The maximum atomic E-state index is 12.7. The zero-order chi connectivity index (χ0) is 15.1. The van der Waals surface area contributed by atoms with E-state index >= 15 is 0 Å². The Balaban J connectivity index is 1.45. The SMILES string of the molecule is Cc1c(NC(=O)C2CC3CCCCC3N2)sc2c1CCCC2. The molecule has 0 bridgehead atoms. The predicted octanol–water partition coefficient (Wildman–Crippen LogP) is 3.79. The number of carbonyl (C=O) groups excluding carboxylic acids is 1. The highest BCUT2D eigenvalue weighted by molar-refractivity contribution is 7.16. The van der Waals surface area contributed by atoms with Crippen molar-refractivity contribution < 1.29 is 4.79 Å². The zero-order valence-electron chi connectivity index (χ0n) is 13.4. The second kappa shape index (κ2) is 5.97. The molecule has 1 amide bonds. The van der Waals surface area contributed by atoms with Gasteiger partial charge in [0.05, 0.1) is 11.0 Å². The fourth-order valence-electron chi connectivity index (χ4n) is 4.56. The summed E-state index contributed by atoms with van der Waals surface area (Å²) in [5, 5.41) is 7.93. The lowest BCUT2D eigenvalue weighted by Gasteiger charge is -2.24. The summed E-state index contributed by atoms with van der Waals surface area (Å²) in [7, 11) is 0. The molecule has 4 heteroatoms. The quantitative estimate of drug-likeness (QED) is 0.871. The monoisotopic (exact) mass is 318 g/mol. The van der Waals surface area contributed by atoms with Gasteiger partial charge in [-0.05, 0) is 68.9 Å². The fourth-order valence-corrected chi connectivity index (χ4v) is 5.86. The minimum Gasteiger partial charge on any atom is -0.316 e. The molecule has 3 aliphatic rings. The van der Waals surface area contributed by atoms with Crippen molar-refractivity contribution >= 4 is 22.2 Å². The van der Waals surface area contributed by atoms with Crippen LogP contribution in [-0.2, 0) is 17.6 Å². The van der Waals surface area contributed by atoms with Crippen molar-refractivity contribution in [2.24, 2.45) is 5.92 Å². The molecule has 1 aromatic heterocycles. The second-order valence-corrected chi connectivity index (χ2v) is 8.37. The Hall–Kier alpha value is -0.870. The Morgan fingerprint density at radius 2 is 2.00 bits per heavy atom. The van der Waals surface area contributed by atoms with Crippen LogP contribution in [-0.4, -0.2) is 18.0 Å². The summed E-state index contributed by atoms with van der Waals surface area (Å²) in [6.07, 6.45) is 11.2. The molecule has 3 nitrogen and oxygen atoms in total. The van der Waals surface area contributed by atoms with E-state index in [9.17, 15) is 4.79 Å². The van der Waals surface area contributed by atoms with E-state index in [1.54, 1.807) is 0 Å². The molecule has 2 aliphatic carbocycles. The molecule has 0 spiro atoms. The highest BCUT2D eigenvalue weighted by Crippen LogP contribution is 2.38.